The first-order valence-corrected chi connectivity index (χ1v) is 6.50. The third-order valence-electron chi connectivity index (χ3n) is 2.90. The lowest BCUT2D eigenvalue weighted by Crippen LogP contribution is -2.32. The molecule has 0 spiro atoms. The Labute approximate surface area is 99.9 Å². The number of ether oxygens (including phenoxy) is 1. The van der Waals surface area contributed by atoms with Crippen LogP contribution in [0.5, 0.6) is 0 Å². The number of nitrogens with zero attached hydrogens (tertiary/aromatic N) is 2. The Morgan fingerprint density at radius 3 is 3.12 bits per heavy atom. The average Bonchev–Trinajstić information content (AvgIpc) is 2.85. The van der Waals surface area contributed by atoms with Gasteiger partial charge in [0.2, 0.25) is 0 Å². The molecule has 2 atom stereocenters. The van der Waals surface area contributed by atoms with Crippen LogP contribution in [0.25, 0.3) is 0 Å². The van der Waals surface area contributed by atoms with Gasteiger partial charge in [0.25, 0.3) is 0 Å². The van der Waals surface area contributed by atoms with E-state index < -0.39 is 0 Å². The molecule has 0 saturated carbocycles. The molecule has 1 aliphatic heterocycles. The van der Waals surface area contributed by atoms with E-state index >= 15 is 0 Å². The number of rotatable bonds is 4. The molecule has 2 heterocycles. The second-order valence-electron chi connectivity index (χ2n) is 4.13. The van der Waals surface area contributed by atoms with Crippen LogP contribution >= 0.6 is 11.3 Å². The van der Waals surface area contributed by atoms with Crippen molar-refractivity contribution in [1.82, 2.24) is 4.98 Å². The summed E-state index contributed by atoms with van der Waals surface area (Å²) in [5.41, 5.74) is 1.12. The first kappa shape index (κ1) is 11.8. The van der Waals surface area contributed by atoms with Crippen molar-refractivity contribution in [3.8, 4) is 0 Å². The number of thiazole rings is 1. The molecule has 0 aromatic carbocycles. The van der Waals surface area contributed by atoms with Gasteiger partial charge in [-0.15, -0.1) is 11.3 Å². The molecule has 4 nitrogen and oxygen atoms in total. The van der Waals surface area contributed by atoms with Crippen LogP contribution in [0, 0.1) is 0 Å². The Morgan fingerprint density at radius 2 is 2.50 bits per heavy atom. The van der Waals surface area contributed by atoms with E-state index in [1.54, 1.807) is 18.4 Å². The van der Waals surface area contributed by atoms with Gasteiger partial charge in [0.05, 0.1) is 24.4 Å². The van der Waals surface area contributed by atoms with Crippen molar-refractivity contribution in [3.05, 3.63) is 11.1 Å². The van der Waals surface area contributed by atoms with Gasteiger partial charge in [0.1, 0.15) is 0 Å². The maximum absolute atomic E-state index is 9.70. The molecule has 1 N–H and O–H groups in total. The summed E-state index contributed by atoms with van der Waals surface area (Å²) in [7, 11) is 1.70. The Hall–Kier alpha value is -0.650. The summed E-state index contributed by atoms with van der Waals surface area (Å²) in [6.07, 6.45) is 1.48. The zero-order valence-electron chi connectivity index (χ0n) is 9.72. The Kier molecular flexibility index (Phi) is 3.78. The standard InChI is InChI=1S/C11H18N2O2S/c1-3-8-7-16-11(12-8)13-5-10(14)4-9(13)6-15-2/h7,9-10,14H,3-6H2,1-2H3/t9-,10-/m1/s1. The highest BCUT2D eigenvalue weighted by molar-refractivity contribution is 7.13. The van der Waals surface area contributed by atoms with E-state index in [0.717, 1.165) is 23.7 Å². The smallest absolute Gasteiger partial charge is 0.185 e. The average molecular weight is 242 g/mol. The highest BCUT2D eigenvalue weighted by Gasteiger charge is 2.32. The van der Waals surface area contributed by atoms with E-state index in [4.69, 9.17) is 4.74 Å². The van der Waals surface area contributed by atoms with Crippen molar-refractivity contribution in [2.75, 3.05) is 25.2 Å². The molecule has 0 radical (unpaired) electrons. The molecule has 1 fully saturated rings. The fourth-order valence-corrected chi connectivity index (χ4v) is 3.06. The van der Waals surface area contributed by atoms with Crippen molar-refractivity contribution in [1.29, 1.82) is 0 Å². The maximum Gasteiger partial charge on any atom is 0.185 e. The molecule has 16 heavy (non-hydrogen) atoms. The van der Waals surface area contributed by atoms with Gasteiger partial charge in [-0.05, 0) is 12.8 Å². The van der Waals surface area contributed by atoms with Crippen LogP contribution < -0.4 is 4.90 Å². The fraction of sp³-hybridized carbons (Fsp3) is 0.727. The van der Waals surface area contributed by atoms with E-state index in [0.29, 0.717) is 13.2 Å². The number of anilines is 1. The van der Waals surface area contributed by atoms with E-state index in [9.17, 15) is 5.11 Å². The van der Waals surface area contributed by atoms with Crippen LogP contribution in [0.1, 0.15) is 19.0 Å². The highest BCUT2D eigenvalue weighted by atomic mass is 32.1. The lowest BCUT2D eigenvalue weighted by Gasteiger charge is -2.22. The third kappa shape index (κ3) is 2.36. The number of aliphatic hydroxyl groups excluding tert-OH is 1. The van der Waals surface area contributed by atoms with Gasteiger partial charge in [-0.3, -0.25) is 0 Å². The maximum atomic E-state index is 9.70. The van der Waals surface area contributed by atoms with Gasteiger partial charge in [-0.1, -0.05) is 6.92 Å². The normalized spacial score (nSPS) is 25.3. The van der Waals surface area contributed by atoms with Crippen LogP contribution in [0.4, 0.5) is 5.13 Å². The molecule has 90 valence electrons. The minimum atomic E-state index is -0.255. The Morgan fingerprint density at radius 1 is 1.69 bits per heavy atom. The predicted molar refractivity (Wildman–Crippen MR) is 65.1 cm³/mol. The molecule has 0 aliphatic carbocycles. The van der Waals surface area contributed by atoms with Crippen LogP contribution in [0.2, 0.25) is 0 Å². The van der Waals surface area contributed by atoms with Crippen molar-refractivity contribution in [2.24, 2.45) is 0 Å². The van der Waals surface area contributed by atoms with Gasteiger partial charge in [0.15, 0.2) is 5.13 Å². The minimum absolute atomic E-state index is 0.255. The largest absolute Gasteiger partial charge is 0.391 e. The number of hydrogen-bond donors (Lipinski definition) is 1. The van der Waals surface area contributed by atoms with E-state index in [1.165, 1.54) is 0 Å². The summed E-state index contributed by atoms with van der Waals surface area (Å²) in [6.45, 7) is 3.42. The molecule has 5 heteroatoms. The summed E-state index contributed by atoms with van der Waals surface area (Å²) in [4.78, 5) is 6.72. The molecule has 1 aliphatic rings. The molecule has 0 amide bonds. The third-order valence-corrected chi connectivity index (χ3v) is 3.83. The summed E-state index contributed by atoms with van der Waals surface area (Å²) < 4.78 is 5.18. The lowest BCUT2D eigenvalue weighted by molar-refractivity contribution is 0.159. The van der Waals surface area contributed by atoms with Crippen LogP contribution in [-0.2, 0) is 11.2 Å². The van der Waals surface area contributed by atoms with Gasteiger partial charge in [0, 0.05) is 19.0 Å². The topological polar surface area (TPSA) is 45.6 Å². The van der Waals surface area contributed by atoms with Crippen LogP contribution in [0.15, 0.2) is 5.38 Å². The zero-order chi connectivity index (χ0) is 11.5. The lowest BCUT2D eigenvalue weighted by atomic mass is 10.2. The van der Waals surface area contributed by atoms with Gasteiger partial charge >= 0.3 is 0 Å². The summed E-state index contributed by atoms with van der Waals surface area (Å²) in [5.74, 6) is 0. The van der Waals surface area contributed by atoms with Crippen LogP contribution in [-0.4, -0.2) is 42.5 Å². The molecule has 2 rings (SSSR count). The SMILES string of the molecule is CCc1csc(N2C[C@H](O)C[C@@H]2COC)n1. The first-order valence-electron chi connectivity index (χ1n) is 5.62. The first-order chi connectivity index (χ1) is 7.74. The molecular weight excluding hydrogens is 224 g/mol. The number of aryl methyl sites for hydroxylation is 1. The van der Waals surface area contributed by atoms with Gasteiger partial charge in [-0.25, -0.2) is 4.98 Å². The van der Waals surface area contributed by atoms with Crippen LogP contribution in [0.3, 0.4) is 0 Å². The van der Waals surface area contributed by atoms with E-state index in [2.05, 4.69) is 22.2 Å². The second-order valence-corrected chi connectivity index (χ2v) is 4.96. The molecule has 0 bridgehead atoms. The molecule has 1 saturated heterocycles. The summed E-state index contributed by atoms with van der Waals surface area (Å²) in [6, 6.07) is 0.260. The Balaban J connectivity index is 2.11. The number of methoxy groups -OCH3 is 1. The number of hydrogen-bond acceptors (Lipinski definition) is 5. The second kappa shape index (κ2) is 5.12. The van der Waals surface area contributed by atoms with Crippen molar-refractivity contribution in [2.45, 2.75) is 31.9 Å². The van der Waals surface area contributed by atoms with E-state index in [-0.39, 0.29) is 12.1 Å². The monoisotopic (exact) mass is 242 g/mol. The van der Waals surface area contributed by atoms with Crippen molar-refractivity contribution in [3.63, 3.8) is 0 Å². The quantitative estimate of drug-likeness (QED) is 0.864. The number of aliphatic hydroxyl groups is 1. The summed E-state index contributed by atoms with van der Waals surface area (Å²) >= 11 is 1.65. The molecular formula is C11H18N2O2S. The number of β-amino-alcohol motifs (C(OH)–C–C–N with tert-alkyl or cyclic N) is 1. The summed E-state index contributed by atoms with van der Waals surface area (Å²) in [5, 5.41) is 12.8. The number of aromatic nitrogens is 1. The molecule has 0 unspecified atom stereocenters. The van der Waals surface area contributed by atoms with Gasteiger partial charge < -0.3 is 14.7 Å². The zero-order valence-corrected chi connectivity index (χ0v) is 10.5. The van der Waals surface area contributed by atoms with Crippen molar-refractivity contribution >= 4 is 16.5 Å². The van der Waals surface area contributed by atoms with E-state index in [1.807, 2.05) is 0 Å². The highest BCUT2D eigenvalue weighted by Crippen LogP contribution is 2.29. The molecule has 1 aromatic heterocycles. The predicted octanol–water partition coefficient (Wildman–Crippen LogP) is 1.29. The minimum Gasteiger partial charge on any atom is -0.391 e. The Bertz CT molecular complexity index is 342. The molecule has 1 aromatic rings. The van der Waals surface area contributed by atoms with Gasteiger partial charge in [-0.2, -0.15) is 0 Å². The fourth-order valence-electron chi connectivity index (χ4n) is 2.07. The van der Waals surface area contributed by atoms with Crippen molar-refractivity contribution < 1.29 is 9.84 Å².